The minimum Gasteiger partial charge on any atom is -0.480 e. The second kappa shape index (κ2) is 10.7. The zero-order valence-electron chi connectivity index (χ0n) is 20.5. The minimum atomic E-state index is -1.07. The number of pyridine rings is 1. The number of aliphatic hydroxyl groups excluding tert-OH is 1. The van der Waals surface area contributed by atoms with Crippen molar-refractivity contribution in [1.82, 2.24) is 19.4 Å². The molecule has 0 amide bonds. The molecule has 0 radical (unpaired) electrons. The molecule has 3 N–H and O–H groups in total. The second-order valence-corrected chi connectivity index (χ2v) is 9.51. The Labute approximate surface area is 204 Å². The average Bonchev–Trinajstić information content (AvgIpc) is 3.17. The zero-order chi connectivity index (χ0) is 25.1. The van der Waals surface area contributed by atoms with E-state index < -0.39 is 18.1 Å². The van der Waals surface area contributed by atoms with E-state index in [0.717, 1.165) is 60.6 Å². The molecule has 9 heteroatoms. The van der Waals surface area contributed by atoms with Crippen LogP contribution in [0.3, 0.4) is 0 Å². The maximum atomic E-state index is 12.3. The maximum Gasteiger partial charge on any atom is 0.323 e. The lowest BCUT2D eigenvalue weighted by Gasteiger charge is -2.23. The van der Waals surface area contributed by atoms with Crippen LogP contribution in [0, 0.1) is 12.8 Å². The van der Waals surface area contributed by atoms with Gasteiger partial charge in [0.2, 0.25) is 0 Å². The van der Waals surface area contributed by atoms with Gasteiger partial charge in [0, 0.05) is 50.7 Å². The van der Waals surface area contributed by atoms with E-state index in [1.54, 1.807) is 11.6 Å². The molecule has 0 aliphatic carbocycles. The van der Waals surface area contributed by atoms with E-state index in [0.29, 0.717) is 24.4 Å². The fraction of sp³-hybridized carbons (Fsp3) is 0.500. The van der Waals surface area contributed by atoms with Crippen molar-refractivity contribution in [1.29, 1.82) is 0 Å². The van der Waals surface area contributed by atoms with Gasteiger partial charge in [0.15, 0.2) is 0 Å². The van der Waals surface area contributed by atoms with Crippen molar-refractivity contribution in [2.75, 3.05) is 19.8 Å². The first-order chi connectivity index (χ1) is 16.7. The molecule has 2 atom stereocenters. The van der Waals surface area contributed by atoms with E-state index in [4.69, 9.17) is 9.72 Å². The molecule has 9 nitrogen and oxygen atoms in total. The monoisotopic (exact) mass is 482 g/mol. The molecule has 1 aliphatic rings. The number of ether oxygens (including phenoxy) is 1. The molecule has 4 rings (SSSR count). The van der Waals surface area contributed by atoms with Crippen molar-refractivity contribution >= 4 is 17.0 Å². The van der Waals surface area contributed by atoms with Gasteiger partial charge < -0.3 is 29.4 Å². The third-order valence-electron chi connectivity index (χ3n) is 6.74. The van der Waals surface area contributed by atoms with Gasteiger partial charge in [-0.25, -0.2) is 4.98 Å². The highest BCUT2D eigenvalue weighted by molar-refractivity contribution is 5.81. The molecule has 188 valence electrons. The van der Waals surface area contributed by atoms with E-state index in [1.807, 2.05) is 31.3 Å². The summed E-state index contributed by atoms with van der Waals surface area (Å²) in [6.07, 6.45) is 3.47. The molecule has 1 aromatic carbocycles. The molecule has 3 heterocycles. The molecule has 35 heavy (non-hydrogen) atoms. The number of benzene rings is 1. The highest BCUT2D eigenvalue weighted by atomic mass is 16.5. The van der Waals surface area contributed by atoms with Gasteiger partial charge >= 0.3 is 5.97 Å². The Kier molecular flexibility index (Phi) is 7.69. The number of aliphatic carboxylic acids is 1. The fourth-order valence-corrected chi connectivity index (χ4v) is 4.76. The topological polar surface area (TPSA) is 119 Å². The lowest BCUT2D eigenvalue weighted by molar-refractivity contribution is -0.142. The fourth-order valence-electron chi connectivity index (χ4n) is 4.76. The van der Waals surface area contributed by atoms with E-state index in [2.05, 4.69) is 16.0 Å². The molecular weight excluding hydrogens is 448 g/mol. The summed E-state index contributed by atoms with van der Waals surface area (Å²) in [5.74, 6) is 0.255. The van der Waals surface area contributed by atoms with Crippen LogP contribution in [0.25, 0.3) is 22.4 Å². The van der Waals surface area contributed by atoms with Gasteiger partial charge in [-0.3, -0.25) is 9.59 Å². The zero-order valence-corrected chi connectivity index (χ0v) is 20.5. The van der Waals surface area contributed by atoms with Crippen molar-refractivity contribution in [2.24, 2.45) is 13.0 Å². The van der Waals surface area contributed by atoms with Crippen LogP contribution < -0.4 is 10.9 Å². The van der Waals surface area contributed by atoms with Crippen molar-refractivity contribution < 1.29 is 19.7 Å². The number of fused-ring (bicyclic) bond motifs is 1. The highest BCUT2D eigenvalue weighted by Crippen LogP contribution is 2.29. The van der Waals surface area contributed by atoms with Crippen LogP contribution in [0.4, 0.5) is 0 Å². The van der Waals surface area contributed by atoms with E-state index >= 15 is 0 Å². The molecule has 1 aliphatic heterocycles. The summed E-state index contributed by atoms with van der Waals surface area (Å²) in [5, 5.41) is 21.8. The van der Waals surface area contributed by atoms with E-state index in [-0.39, 0.29) is 5.56 Å². The number of imidazole rings is 1. The first kappa shape index (κ1) is 25.1. The molecule has 1 fully saturated rings. The average molecular weight is 483 g/mol. The summed E-state index contributed by atoms with van der Waals surface area (Å²) >= 11 is 0. The smallest absolute Gasteiger partial charge is 0.323 e. The Balaban J connectivity index is 1.66. The number of aromatic nitrogens is 3. The number of nitrogens with zero attached hydrogens (tertiary/aromatic N) is 3. The standard InChI is InChI=1S/C26H34N4O5/c1-16-12-20(15-29(3)25(16)32)24-28-21-13-18(6-9-27-23(17(2)31)26(33)34)4-5-22(21)30(24)14-19-7-10-35-11-8-19/h4-5,12-13,15,17,19,23,27,31H,6-11,14H2,1-3H3,(H,33,34). The molecule has 2 aromatic heterocycles. The molecule has 0 saturated carbocycles. The van der Waals surface area contributed by atoms with Gasteiger partial charge in [-0.1, -0.05) is 6.07 Å². The number of hydrogen-bond acceptors (Lipinski definition) is 6. The summed E-state index contributed by atoms with van der Waals surface area (Å²) in [7, 11) is 1.76. The molecule has 0 spiro atoms. The summed E-state index contributed by atoms with van der Waals surface area (Å²) in [6.45, 7) is 6.07. The second-order valence-electron chi connectivity index (χ2n) is 9.51. The molecular formula is C26H34N4O5. The summed E-state index contributed by atoms with van der Waals surface area (Å²) in [6, 6.07) is 7.04. The molecule has 0 bridgehead atoms. The third kappa shape index (κ3) is 5.63. The number of carboxylic acid groups (broad SMARTS) is 1. The largest absolute Gasteiger partial charge is 0.480 e. The highest BCUT2D eigenvalue weighted by Gasteiger charge is 2.22. The normalized spacial score (nSPS) is 16.5. The lowest BCUT2D eigenvalue weighted by Crippen LogP contribution is -2.45. The number of carboxylic acids is 1. The van der Waals surface area contributed by atoms with Gasteiger partial charge in [-0.2, -0.15) is 0 Å². The van der Waals surface area contributed by atoms with Gasteiger partial charge in [0.25, 0.3) is 5.56 Å². The number of hydrogen-bond donors (Lipinski definition) is 3. The van der Waals surface area contributed by atoms with Crippen LogP contribution in [-0.4, -0.2) is 62.2 Å². The van der Waals surface area contributed by atoms with Crippen LogP contribution >= 0.6 is 0 Å². The number of rotatable bonds is 9. The van der Waals surface area contributed by atoms with Crippen molar-refractivity contribution in [2.45, 2.75) is 51.8 Å². The molecule has 2 unspecified atom stereocenters. The number of aryl methyl sites for hydroxylation is 2. The Morgan fingerprint density at radius 2 is 2.03 bits per heavy atom. The lowest BCUT2D eigenvalue weighted by atomic mass is 10.00. The van der Waals surface area contributed by atoms with Crippen molar-refractivity contribution in [3.05, 3.63) is 51.9 Å². The molecule has 1 saturated heterocycles. The van der Waals surface area contributed by atoms with Crippen LogP contribution in [-0.2, 0) is 29.5 Å². The van der Waals surface area contributed by atoms with Gasteiger partial charge in [-0.15, -0.1) is 0 Å². The Bertz CT molecular complexity index is 1230. The molecule has 3 aromatic rings. The number of aliphatic hydroxyl groups is 1. The van der Waals surface area contributed by atoms with Gasteiger partial charge in [0.05, 0.1) is 17.1 Å². The minimum absolute atomic E-state index is 0.0208. The first-order valence-corrected chi connectivity index (χ1v) is 12.1. The summed E-state index contributed by atoms with van der Waals surface area (Å²) in [4.78, 5) is 28.6. The Morgan fingerprint density at radius 1 is 1.29 bits per heavy atom. The summed E-state index contributed by atoms with van der Waals surface area (Å²) in [5.41, 5.74) is 4.47. The van der Waals surface area contributed by atoms with Crippen molar-refractivity contribution in [3.8, 4) is 11.4 Å². The van der Waals surface area contributed by atoms with Crippen LogP contribution in [0.1, 0.15) is 30.9 Å². The third-order valence-corrected chi connectivity index (χ3v) is 6.74. The van der Waals surface area contributed by atoms with Crippen LogP contribution in [0.5, 0.6) is 0 Å². The van der Waals surface area contributed by atoms with Crippen LogP contribution in [0.15, 0.2) is 35.3 Å². The van der Waals surface area contributed by atoms with Crippen molar-refractivity contribution in [3.63, 3.8) is 0 Å². The van der Waals surface area contributed by atoms with E-state index in [1.165, 1.54) is 6.92 Å². The first-order valence-electron chi connectivity index (χ1n) is 12.1. The maximum absolute atomic E-state index is 12.3. The Morgan fingerprint density at radius 3 is 2.69 bits per heavy atom. The Hall–Kier alpha value is -3.01. The summed E-state index contributed by atoms with van der Waals surface area (Å²) < 4.78 is 9.39. The predicted octanol–water partition coefficient (Wildman–Crippen LogP) is 2.10. The van der Waals surface area contributed by atoms with Crippen LogP contribution in [0.2, 0.25) is 0 Å². The quantitative estimate of drug-likeness (QED) is 0.427. The van der Waals surface area contributed by atoms with Gasteiger partial charge in [-0.05, 0) is 62.8 Å². The predicted molar refractivity (Wildman–Crippen MR) is 134 cm³/mol. The van der Waals surface area contributed by atoms with E-state index in [9.17, 15) is 19.8 Å². The number of nitrogens with one attached hydrogen (secondary N) is 1. The number of carbonyl (C=O) groups is 1. The SMILES string of the molecule is Cc1cc(-c2nc3cc(CCNC(C(=O)O)C(C)O)ccc3n2CC2CCOCC2)cn(C)c1=O. The van der Waals surface area contributed by atoms with Gasteiger partial charge in [0.1, 0.15) is 11.9 Å².